The molecule has 1 aromatic carbocycles. The van der Waals surface area contributed by atoms with E-state index in [0.717, 1.165) is 24.8 Å². The summed E-state index contributed by atoms with van der Waals surface area (Å²) in [5.74, 6) is -0.267. The summed E-state index contributed by atoms with van der Waals surface area (Å²) in [4.78, 5) is 23.9. The average molecular weight is 376 g/mol. The fourth-order valence-electron chi connectivity index (χ4n) is 2.32. The van der Waals surface area contributed by atoms with E-state index in [1.807, 2.05) is 6.92 Å². The lowest BCUT2D eigenvalue weighted by Gasteiger charge is -2.09. The Morgan fingerprint density at radius 1 is 1.23 bits per heavy atom. The zero-order valence-corrected chi connectivity index (χ0v) is 15.9. The zero-order chi connectivity index (χ0) is 19.5. The molecule has 0 fully saturated rings. The SMILES string of the molecule is C=C/C=C(/NC(=O)CCCCCNC(=O)c1cc(C)cc(Cl)c1)C(=C)N. The summed E-state index contributed by atoms with van der Waals surface area (Å²) in [5.41, 5.74) is 7.84. The van der Waals surface area contributed by atoms with Crippen molar-refractivity contribution in [2.45, 2.75) is 32.6 Å². The summed E-state index contributed by atoms with van der Waals surface area (Å²) in [7, 11) is 0. The first-order valence-corrected chi connectivity index (χ1v) is 8.84. The van der Waals surface area contributed by atoms with Gasteiger partial charge in [-0.3, -0.25) is 9.59 Å². The molecule has 0 aliphatic rings. The maximum atomic E-state index is 12.1. The highest BCUT2D eigenvalue weighted by molar-refractivity contribution is 6.31. The molecule has 0 aliphatic carbocycles. The van der Waals surface area contributed by atoms with Crippen LogP contribution in [0.1, 0.15) is 41.6 Å². The van der Waals surface area contributed by atoms with Gasteiger partial charge in [-0.05, 0) is 49.6 Å². The summed E-state index contributed by atoms with van der Waals surface area (Å²) >= 11 is 5.96. The summed E-state index contributed by atoms with van der Waals surface area (Å²) in [5, 5.41) is 6.11. The van der Waals surface area contributed by atoms with Crippen LogP contribution in [0.2, 0.25) is 5.02 Å². The highest BCUT2D eigenvalue weighted by Gasteiger charge is 2.07. The minimum absolute atomic E-state index is 0.122. The molecule has 0 aromatic heterocycles. The molecule has 4 N–H and O–H groups in total. The molecule has 0 saturated heterocycles. The first-order chi connectivity index (χ1) is 12.3. The van der Waals surface area contributed by atoms with E-state index in [1.54, 1.807) is 24.3 Å². The van der Waals surface area contributed by atoms with Crippen LogP contribution in [0.25, 0.3) is 0 Å². The number of rotatable bonds is 10. The Labute approximate surface area is 160 Å². The minimum atomic E-state index is -0.144. The number of unbranched alkanes of at least 4 members (excludes halogenated alkanes) is 2. The first kappa shape index (κ1) is 21.5. The normalized spacial score (nSPS) is 10.9. The Hall–Kier alpha value is -2.53. The van der Waals surface area contributed by atoms with Crippen LogP contribution in [0.5, 0.6) is 0 Å². The molecule has 6 heteroatoms. The number of benzene rings is 1. The fraction of sp³-hybridized carbons (Fsp3) is 0.300. The van der Waals surface area contributed by atoms with E-state index in [4.69, 9.17) is 17.3 Å². The Morgan fingerprint density at radius 2 is 1.96 bits per heavy atom. The van der Waals surface area contributed by atoms with E-state index in [1.165, 1.54) is 6.08 Å². The Kier molecular flexibility index (Phi) is 9.23. The molecular formula is C20H26ClN3O2. The Balaban J connectivity index is 2.25. The third-order valence-electron chi connectivity index (χ3n) is 3.58. The number of carbonyl (C=O) groups excluding carboxylic acids is 2. The lowest BCUT2D eigenvalue weighted by molar-refractivity contribution is -0.120. The number of aryl methyl sites for hydroxylation is 1. The van der Waals surface area contributed by atoms with E-state index in [-0.39, 0.29) is 17.5 Å². The topological polar surface area (TPSA) is 84.2 Å². The second-order valence-electron chi connectivity index (χ2n) is 5.97. The monoisotopic (exact) mass is 375 g/mol. The van der Waals surface area contributed by atoms with Crippen LogP contribution in [0.4, 0.5) is 0 Å². The molecule has 2 amide bonds. The molecule has 26 heavy (non-hydrogen) atoms. The van der Waals surface area contributed by atoms with Crippen molar-refractivity contribution in [1.82, 2.24) is 10.6 Å². The maximum absolute atomic E-state index is 12.1. The fourth-order valence-corrected chi connectivity index (χ4v) is 2.61. The average Bonchev–Trinajstić information content (AvgIpc) is 2.56. The van der Waals surface area contributed by atoms with Crippen LogP contribution < -0.4 is 16.4 Å². The minimum Gasteiger partial charge on any atom is -0.398 e. The molecule has 1 rings (SSSR count). The van der Waals surface area contributed by atoms with Crippen molar-refractivity contribution in [3.8, 4) is 0 Å². The van der Waals surface area contributed by atoms with Crippen molar-refractivity contribution in [2.24, 2.45) is 5.73 Å². The van der Waals surface area contributed by atoms with Crippen LogP contribution >= 0.6 is 11.6 Å². The van der Waals surface area contributed by atoms with Gasteiger partial charge >= 0.3 is 0 Å². The second-order valence-corrected chi connectivity index (χ2v) is 6.41. The quantitative estimate of drug-likeness (QED) is 0.431. The smallest absolute Gasteiger partial charge is 0.251 e. The molecule has 0 radical (unpaired) electrons. The molecule has 0 heterocycles. The van der Waals surface area contributed by atoms with Gasteiger partial charge in [-0.15, -0.1) is 0 Å². The van der Waals surface area contributed by atoms with Crippen molar-refractivity contribution >= 4 is 23.4 Å². The van der Waals surface area contributed by atoms with Gasteiger partial charge in [0.15, 0.2) is 0 Å². The third kappa shape index (κ3) is 8.03. The van der Waals surface area contributed by atoms with Gasteiger partial charge in [0.25, 0.3) is 5.91 Å². The lowest BCUT2D eigenvalue weighted by Crippen LogP contribution is -2.26. The summed E-state index contributed by atoms with van der Waals surface area (Å²) in [6, 6.07) is 5.25. The van der Waals surface area contributed by atoms with Gasteiger partial charge in [-0.25, -0.2) is 0 Å². The van der Waals surface area contributed by atoms with Gasteiger partial charge in [0.2, 0.25) is 5.91 Å². The molecule has 0 unspecified atom stereocenters. The standard InChI is InChI=1S/C20H26ClN3O2/c1-4-8-18(15(3)22)24-19(25)9-6-5-7-10-23-20(26)16-11-14(2)12-17(21)13-16/h4,8,11-13H,1,3,5-7,9-10,22H2,2H3,(H,23,26)(H,24,25)/b18-8+. The predicted molar refractivity (Wildman–Crippen MR) is 107 cm³/mol. The molecule has 0 saturated carbocycles. The molecule has 0 spiro atoms. The third-order valence-corrected chi connectivity index (χ3v) is 3.79. The number of nitrogens with two attached hydrogens (primary N) is 1. The van der Waals surface area contributed by atoms with Crippen molar-refractivity contribution in [1.29, 1.82) is 0 Å². The van der Waals surface area contributed by atoms with E-state index < -0.39 is 0 Å². The number of hydrogen-bond acceptors (Lipinski definition) is 3. The summed E-state index contributed by atoms with van der Waals surface area (Å²) < 4.78 is 0. The number of halogens is 1. The molecule has 1 aromatic rings. The van der Waals surface area contributed by atoms with Crippen molar-refractivity contribution in [3.63, 3.8) is 0 Å². The van der Waals surface area contributed by atoms with Crippen LogP contribution in [-0.4, -0.2) is 18.4 Å². The van der Waals surface area contributed by atoms with Gasteiger partial charge < -0.3 is 16.4 Å². The van der Waals surface area contributed by atoms with E-state index in [9.17, 15) is 9.59 Å². The molecule has 5 nitrogen and oxygen atoms in total. The maximum Gasteiger partial charge on any atom is 0.251 e. The van der Waals surface area contributed by atoms with Gasteiger partial charge in [0, 0.05) is 29.2 Å². The van der Waals surface area contributed by atoms with Crippen LogP contribution in [0, 0.1) is 6.92 Å². The molecule has 0 aliphatic heterocycles. The van der Waals surface area contributed by atoms with Gasteiger partial charge in [0.05, 0.1) is 5.70 Å². The van der Waals surface area contributed by atoms with E-state index >= 15 is 0 Å². The van der Waals surface area contributed by atoms with Crippen LogP contribution in [-0.2, 0) is 4.79 Å². The Bertz CT molecular complexity index is 691. The van der Waals surface area contributed by atoms with Crippen molar-refractivity contribution in [2.75, 3.05) is 6.54 Å². The molecular weight excluding hydrogens is 350 g/mol. The zero-order valence-electron chi connectivity index (χ0n) is 15.1. The lowest BCUT2D eigenvalue weighted by atomic mass is 10.1. The second kappa shape index (κ2) is 11.2. The highest BCUT2D eigenvalue weighted by atomic mass is 35.5. The molecule has 140 valence electrons. The molecule has 0 atom stereocenters. The first-order valence-electron chi connectivity index (χ1n) is 8.46. The van der Waals surface area contributed by atoms with Gasteiger partial charge in [-0.2, -0.15) is 0 Å². The van der Waals surface area contributed by atoms with E-state index in [2.05, 4.69) is 23.8 Å². The van der Waals surface area contributed by atoms with Gasteiger partial charge in [0.1, 0.15) is 0 Å². The van der Waals surface area contributed by atoms with Crippen molar-refractivity contribution in [3.05, 3.63) is 71.1 Å². The van der Waals surface area contributed by atoms with Crippen LogP contribution in [0.3, 0.4) is 0 Å². The van der Waals surface area contributed by atoms with Gasteiger partial charge in [-0.1, -0.05) is 37.3 Å². The van der Waals surface area contributed by atoms with Crippen molar-refractivity contribution < 1.29 is 9.59 Å². The number of amides is 2. The summed E-state index contributed by atoms with van der Waals surface area (Å²) in [6.45, 7) is 9.61. The molecule has 0 bridgehead atoms. The number of allylic oxidation sites excluding steroid dienone is 2. The number of nitrogens with one attached hydrogen (secondary N) is 2. The predicted octanol–water partition coefficient (Wildman–Crippen LogP) is 3.60. The van der Waals surface area contributed by atoms with Crippen LogP contribution in [0.15, 0.2) is 54.9 Å². The summed E-state index contributed by atoms with van der Waals surface area (Å²) in [6.07, 6.45) is 5.86. The number of carbonyl (C=O) groups is 2. The largest absolute Gasteiger partial charge is 0.398 e. The van der Waals surface area contributed by atoms with E-state index in [0.29, 0.717) is 29.2 Å². The Morgan fingerprint density at radius 3 is 2.58 bits per heavy atom. The number of hydrogen-bond donors (Lipinski definition) is 3. The highest BCUT2D eigenvalue weighted by Crippen LogP contribution is 2.14.